The number of imidazole rings is 1. The van der Waals surface area contributed by atoms with Gasteiger partial charge in [-0.25, -0.2) is 15.0 Å². The Balaban J connectivity index is 1.93. The Kier molecular flexibility index (Phi) is 3.33. The first kappa shape index (κ1) is 12.6. The fourth-order valence-electron chi connectivity index (χ4n) is 2.25. The number of fused-ring (bicyclic) bond motifs is 1. The summed E-state index contributed by atoms with van der Waals surface area (Å²) < 4.78 is 2.01. The molecule has 1 aromatic carbocycles. The van der Waals surface area contributed by atoms with Crippen molar-refractivity contribution in [3.8, 4) is 0 Å². The van der Waals surface area contributed by atoms with Crippen molar-refractivity contribution in [3.05, 3.63) is 48.5 Å². The number of nitrogens with one attached hydrogen (secondary N) is 1. The van der Waals surface area contributed by atoms with E-state index in [1.165, 1.54) is 5.56 Å². The van der Waals surface area contributed by atoms with Gasteiger partial charge in [0.2, 0.25) is 0 Å². The van der Waals surface area contributed by atoms with Crippen molar-refractivity contribution in [1.29, 1.82) is 0 Å². The highest BCUT2D eigenvalue weighted by Gasteiger charge is 2.12. The molecule has 1 atom stereocenters. The molecular weight excluding hydrogens is 250 g/mol. The standard InChI is InChI=1S/C15H17N5/c1-3-20-10-18-13-14(16-9-17-15(13)20)19-11(2)12-7-5-4-6-8-12/h4-11H,3H2,1-2H3,(H,16,17,19). The average Bonchev–Trinajstić information content (AvgIpc) is 2.92. The van der Waals surface area contributed by atoms with Crippen LogP contribution in [0.25, 0.3) is 11.2 Å². The molecule has 2 heterocycles. The van der Waals surface area contributed by atoms with Gasteiger partial charge in [-0.3, -0.25) is 0 Å². The van der Waals surface area contributed by atoms with Crippen molar-refractivity contribution in [2.24, 2.45) is 0 Å². The van der Waals surface area contributed by atoms with Gasteiger partial charge in [0.1, 0.15) is 11.8 Å². The summed E-state index contributed by atoms with van der Waals surface area (Å²) in [6.07, 6.45) is 3.38. The van der Waals surface area contributed by atoms with Gasteiger partial charge in [-0.05, 0) is 19.4 Å². The third-order valence-electron chi connectivity index (χ3n) is 3.39. The van der Waals surface area contributed by atoms with Crippen LogP contribution in [0.4, 0.5) is 5.82 Å². The predicted octanol–water partition coefficient (Wildman–Crippen LogP) is 3.02. The molecule has 102 valence electrons. The zero-order valence-corrected chi connectivity index (χ0v) is 11.6. The number of hydrogen-bond acceptors (Lipinski definition) is 4. The van der Waals surface area contributed by atoms with Gasteiger partial charge >= 0.3 is 0 Å². The maximum absolute atomic E-state index is 4.41. The SMILES string of the molecule is CCn1cnc2c(NC(C)c3ccccc3)ncnc21. The van der Waals surface area contributed by atoms with Crippen LogP contribution in [0.5, 0.6) is 0 Å². The van der Waals surface area contributed by atoms with E-state index in [0.717, 1.165) is 23.5 Å². The Morgan fingerprint density at radius 1 is 1.15 bits per heavy atom. The van der Waals surface area contributed by atoms with Gasteiger partial charge < -0.3 is 9.88 Å². The second-order valence-corrected chi connectivity index (χ2v) is 4.70. The Bertz CT molecular complexity index is 705. The van der Waals surface area contributed by atoms with Crippen LogP contribution >= 0.6 is 0 Å². The van der Waals surface area contributed by atoms with Crippen molar-refractivity contribution in [1.82, 2.24) is 19.5 Å². The molecule has 0 aliphatic carbocycles. The Morgan fingerprint density at radius 2 is 1.95 bits per heavy atom. The Hall–Kier alpha value is -2.43. The third-order valence-corrected chi connectivity index (χ3v) is 3.39. The van der Waals surface area contributed by atoms with Crippen LogP contribution in [-0.2, 0) is 6.54 Å². The molecule has 20 heavy (non-hydrogen) atoms. The highest BCUT2D eigenvalue weighted by Crippen LogP contribution is 2.22. The molecule has 5 heteroatoms. The molecule has 0 amide bonds. The smallest absolute Gasteiger partial charge is 0.165 e. The lowest BCUT2D eigenvalue weighted by Gasteiger charge is -2.14. The fraction of sp³-hybridized carbons (Fsp3) is 0.267. The van der Waals surface area contributed by atoms with Crippen molar-refractivity contribution in [2.45, 2.75) is 26.4 Å². The van der Waals surface area contributed by atoms with E-state index in [9.17, 15) is 0 Å². The summed E-state index contributed by atoms with van der Waals surface area (Å²) in [5.74, 6) is 0.776. The zero-order valence-electron chi connectivity index (χ0n) is 11.6. The Morgan fingerprint density at radius 3 is 2.70 bits per heavy atom. The van der Waals surface area contributed by atoms with E-state index in [0.29, 0.717) is 0 Å². The minimum atomic E-state index is 0.168. The van der Waals surface area contributed by atoms with Crippen LogP contribution in [0.2, 0.25) is 0 Å². The zero-order chi connectivity index (χ0) is 13.9. The normalized spacial score (nSPS) is 12.5. The van der Waals surface area contributed by atoms with Crippen molar-refractivity contribution in [3.63, 3.8) is 0 Å². The monoisotopic (exact) mass is 267 g/mol. The van der Waals surface area contributed by atoms with Gasteiger partial charge in [0.05, 0.1) is 12.4 Å². The topological polar surface area (TPSA) is 55.6 Å². The molecule has 3 rings (SSSR count). The van der Waals surface area contributed by atoms with E-state index in [-0.39, 0.29) is 6.04 Å². The van der Waals surface area contributed by atoms with E-state index in [1.54, 1.807) is 12.7 Å². The van der Waals surface area contributed by atoms with E-state index in [4.69, 9.17) is 0 Å². The molecule has 1 N–H and O–H groups in total. The number of rotatable bonds is 4. The number of aryl methyl sites for hydroxylation is 1. The van der Waals surface area contributed by atoms with Crippen molar-refractivity contribution in [2.75, 3.05) is 5.32 Å². The quantitative estimate of drug-likeness (QED) is 0.789. The summed E-state index contributed by atoms with van der Waals surface area (Å²) in [6.45, 7) is 5.03. The minimum Gasteiger partial charge on any atom is -0.362 e. The largest absolute Gasteiger partial charge is 0.362 e. The lowest BCUT2D eigenvalue weighted by atomic mass is 10.1. The molecular formula is C15H17N5. The highest BCUT2D eigenvalue weighted by molar-refractivity contribution is 5.82. The second-order valence-electron chi connectivity index (χ2n) is 4.70. The molecule has 0 saturated heterocycles. The molecule has 0 aliphatic rings. The molecule has 2 aromatic heterocycles. The van der Waals surface area contributed by atoms with Gasteiger partial charge in [0.25, 0.3) is 0 Å². The van der Waals surface area contributed by atoms with Crippen LogP contribution in [0.3, 0.4) is 0 Å². The van der Waals surface area contributed by atoms with Gasteiger partial charge in [-0.15, -0.1) is 0 Å². The maximum atomic E-state index is 4.41. The minimum absolute atomic E-state index is 0.168. The first-order chi connectivity index (χ1) is 9.79. The van der Waals surface area contributed by atoms with Crippen LogP contribution < -0.4 is 5.32 Å². The molecule has 0 spiro atoms. The molecule has 1 unspecified atom stereocenters. The van der Waals surface area contributed by atoms with Gasteiger partial charge in [-0.2, -0.15) is 0 Å². The number of nitrogens with zero attached hydrogens (tertiary/aromatic N) is 4. The maximum Gasteiger partial charge on any atom is 0.165 e. The Labute approximate surface area is 117 Å². The van der Waals surface area contributed by atoms with Gasteiger partial charge in [-0.1, -0.05) is 30.3 Å². The number of anilines is 1. The summed E-state index contributed by atoms with van der Waals surface area (Å²) in [7, 11) is 0. The molecule has 0 radical (unpaired) electrons. The van der Waals surface area contributed by atoms with Crippen molar-refractivity contribution < 1.29 is 0 Å². The first-order valence-electron chi connectivity index (χ1n) is 6.77. The van der Waals surface area contributed by atoms with E-state index in [2.05, 4.69) is 46.2 Å². The number of aromatic nitrogens is 4. The first-order valence-corrected chi connectivity index (χ1v) is 6.77. The molecule has 0 aliphatic heterocycles. The summed E-state index contributed by atoms with van der Waals surface area (Å²) in [5.41, 5.74) is 2.90. The van der Waals surface area contributed by atoms with Crippen LogP contribution in [0.1, 0.15) is 25.5 Å². The van der Waals surface area contributed by atoms with E-state index < -0.39 is 0 Å². The van der Waals surface area contributed by atoms with E-state index >= 15 is 0 Å². The summed E-state index contributed by atoms with van der Waals surface area (Å²) in [4.78, 5) is 13.0. The highest BCUT2D eigenvalue weighted by atomic mass is 15.1. The molecule has 0 bridgehead atoms. The van der Waals surface area contributed by atoms with Gasteiger partial charge in [0, 0.05) is 6.54 Å². The van der Waals surface area contributed by atoms with Crippen LogP contribution in [-0.4, -0.2) is 19.5 Å². The van der Waals surface area contributed by atoms with Crippen LogP contribution in [0.15, 0.2) is 43.0 Å². The molecule has 0 fully saturated rings. The fourth-order valence-corrected chi connectivity index (χ4v) is 2.25. The predicted molar refractivity (Wildman–Crippen MR) is 79.5 cm³/mol. The molecule has 5 nitrogen and oxygen atoms in total. The van der Waals surface area contributed by atoms with Crippen LogP contribution in [0, 0.1) is 0 Å². The summed E-state index contributed by atoms with van der Waals surface area (Å²) in [5, 5.41) is 3.41. The molecule has 0 saturated carbocycles. The van der Waals surface area contributed by atoms with Gasteiger partial charge in [0.15, 0.2) is 11.5 Å². The summed E-state index contributed by atoms with van der Waals surface area (Å²) >= 11 is 0. The van der Waals surface area contributed by atoms with Crippen molar-refractivity contribution >= 4 is 17.0 Å². The number of hydrogen-bond donors (Lipinski definition) is 1. The average molecular weight is 267 g/mol. The second kappa shape index (κ2) is 5.28. The molecule has 3 aromatic rings. The number of benzene rings is 1. The third kappa shape index (κ3) is 2.22. The lowest BCUT2D eigenvalue weighted by Crippen LogP contribution is -2.08. The summed E-state index contributed by atoms with van der Waals surface area (Å²) in [6, 6.07) is 10.5. The van der Waals surface area contributed by atoms with E-state index in [1.807, 2.05) is 22.8 Å². The lowest BCUT2D eigenvalue weighted by molar-refractivity contribution is 0.777.